The maximum absolute atomic E-state index is 13.7. The van der Waals surface area contributed by atoms with Gasteiger partial charge in [0.05, 0.1) is 30.2 Å². The Kier molecular flexibility index (Phi) is 6.48. The zero-order valence-corrected chi connectivity index (χ0v) is 21.7. The molecule has 8 heteroatoms. The molecular weight excluding hydrogens is 453 g/mol. The lowest BCUT2D eigenvalue weighted by atomic mass is 9.65. The molecule has 0 radical (unpaired) electrons. The van der Waals surface area contributed by atoms with E-state index in [2.05, 4.69) is 61.9 Å². The van der Waals surface area contributed by atoms with Crippen LogP contribution < -0.4 is 4.90 Å². The number of benzene rings is 1. The monoisotopic (exact) mass is 488 g/mol. The molecule has 2 fully saturated rings. The molecule has 1 saturated heterocycles. The van der Waals surface area contributed by atoms with Gasteiger partial charge in [-0.05, 0) is 48.5 Å². The fraction of sp³-hybridized carbons (Fsp3) is 0.577. The molecule has 1 unspecified atom stereocenters. The van der Waals surface area contributed by atoms with Crippen molar-refractivity contribution < 1.29 is 13.6 Å². The highest BCUT2D eigenvalue weighted by Gasteiger charge is 2.53. The molecule has 2 aromatic rings. The van der Waals surface area contributed by atoms with Gasteiger partial charge >= 0.3 is 11.7 Å². The molecule has 2 amide bonds. The Labute approximate surface area is 203 Å². The Balaban J connectivity index is 1.60. The van der Waals surface area contributed by atoms with E-state index in [1.54, 1.807) is 4.90 Å². The molecule has 2 heterocycles. The Hall–Kier alpha value is -2.14. The predicted molar refractivity (Wildman–Crippen MR) is 134 cm³/mol. The van der Waals surface area contributed by atoms with Crippen molar-refractivity contribution in [1.29, 1.82) is 0 Å². The lowest BCUT2D eigenvalue weighted by molar-refractivity contribution is 0.0847. The van der Waals surface area contributed by atoms with Gasteiger partial charge in [-0.25, -0.2) is 14.8 Å². The highest BCUT2D eigenvalue weighted by atomic mass is 31.0. The molecule has 1 aromatic heterocycles. The zero-order chi connectivity index (χ0) is 24.8. The third kappa shape index (κ3) is 4.95. The zero-order valence-electron chi connectivity index (χ0n) is 20.5. The molecule has 184 valence electrons. The first kappa shape index (κ1) is 25.0. The second kappa shape index (κ2) is 8.82. The van der Waals surface area contributed by atoms with Crippen molar-refractivity contribution in [3.8, 4) is 0 Å². The Morgan fingerprint density at radius 1 is 1.03 bits per heavy atom. The molecular formula is C26H35F2N4OP. The summed E-state index contributed by atoms with van der Waals surface area (Å²) in [5.41, 5.74) is -1.49. The molecule has 1 aromatic carbocycles. The van der Waals surface area contributed by atoms with Crippen molar-refractivity contribution in [2.45, 2.75) is 76.4 Å². The van der Waals surface area contributed by atoms with Crippen LogP contribution in [0.15, 0.2) is 42.7 Å². The summed E-state index contributed by atoms with van der Waals surface area (Å²) < 4.78 is 27.1. The number of alkyl halides is 2. The lowest BCUT2D eigenvalue weighted by Crippen LogP contribution is -2.52. The second-order valence-corrected chi connectivity index (χ2v) is 12.1. The number of aromatic nitrogens is 2. The number of anilines is 1. The van der Waals surface area contributed by atoms with Crippen molar-refractivity contribution in [1.82, 2.24) is 14.9 Å². The fourth-order valence-electron chi connectivity index (χ4n) is 5.23. The molecule has 1 atom stereocenters. The van der Waals surface area contributed by atoms with Gasteiger partial charge in [0.1, 0.15) is 0 Å². The number of carbonyl (C=O) groups is 1. The maximum Gasteiger partial charge on any atom is 0.325 e. The van der Waals surface area contributed by atoms with Crippen molar-refractivity contribution in [2.75, 3.05) is 18.0 Å². The molecule has 1 saturated carbocycles. The third-order valence-corrected chi connectivity index (χ3v) is 7.83. The number of halogens is 2. The van der Waals surface area contributed by atoms with E-state index in [9.17, 15) is 13.6 Å². The van der Waals surface area contributed by atoms with E-state index >= 15 is 0 Å². The van der Waals surface area contributed by atoms with E-state index in [0.29, 0.717) is 18.8 Å². The Bertz CT molecular complexity index is 1010. The van der Waals surface area contributed by atoms with Crippen LogP contribution in [0, 0.1) is 5.41 Å². The summed E-state index contributed by atoms with van der Waals surface area (Å²) in [5.74, 6) is -0.566. The quantitative estimate of drug-likeness (QED) is 0.461. The van der Waals surface area contributed by atoms with Crippen molar-refractivity contribution >= 4 is 21.0 Å². The summed E-state index contributed by atoms with van der Waals surface area (Å²) in [6.07, 6.45) is 7.34. The van der Waals surface area contributed by atoms with Crippen LogP contribution in [0.5, 0.6) is 0 Å². The molecule has 1 spiro atoms. The van der Waals surface area contributed by atoms with Crippen molar-refractivity contribution in [3.63, 3.8) is 0 Å². The maximum atomic E-state index is 13.7. The summed E-state index contributed by atoms with van der Waals surface area (Å²) in [6, 6.07) is 10.5. The molecule has 4 rings (SSSR count). The Morgan fingerprint density at radius 2 is 1.62 bits per heavy atom. The minimum Gasteiger partial charge on any atom is -0.317 e. The summed E-state index contributed by atoms with van der Waals surface area (Å²) in [6.45, 7) is 10.1. The summed E-state index contributed by atoms with van der Waals surface area (Å²) in [4.78, 5) is 25.1. The van der Waals surface area contributed by atoms with E-state index in [-0.39, 0.29) is 22.4 Å². The van der Waals surface area contributed by atoms with Gasteiger partial charge in [0.15, 0.2) is 0 Å². The van der Waals surface area contributed by atoms with Gasteiger partial charge in [-0.1, -0.05) is 67.3 Å². The topological polar surface area (TPSA) is 49.3 Å². The van der Waals surface area contributed by atoms with Gasteiger partial charge in [0.25, 0.3) is 0 Å². The van der Waals surface area contributed by atoms with Crippen LogP contribution in [0.2, 0.25) is 0 Å². The number of hydrogen-bond donors (Lipinski definition) is 0. The van der Waals surface area contributed by atoms with Gasteiger partial charge in [0, 0.05) is 6.54 Å². The van der Waals surface area contributed by atoms with E-state index in [1.807, 2.05) is 11.0 Å². The standard InChI is InChI=1S/C26H35F2N4OP/c1-23(2,3)14-15-32-22(33)31(20-16-29-21(30-17-20)26(27,28)34)18-25(32)12-10-24(4,11-13-25)19-8-6-5-7-9-19/h5-9,16-17H,10-15,18,34H2,1-4H3/t24-,25-. The van der Waals surface area contributed by atoms with Crippen LogP contribution in [0.25, 0.3) is 0 Å². The highest BCUT2D eigenvalue weighted by Crippen LogP contribution is 2.48. The van der Waals surface area contributed by atoms with E-state index in [4.69, 9.17) is 0 Å². The molecule has 0 N–H and O–H groups in total. The molecule has 1 aliphatic carbocycles. The minimum absolute atomic E-state index is 0.0772. The summed E-state index contributed by atoms with van der Waals surface area (Å²) in [5, 5.41) is 0. The first-order chi connectivity index (χ1) is 15.8. The van der Waals surface area contributed by atoms with Crippen LogP contribution in [0.4, 0.5) is 19.3 Å². The van der Waals surface area contributed by atoms with Crippen molar-refractivity contribution in [3.05, 3.63) is 54.1 Å². The van der Waals surface area contributed by atoms with E-state index in [0.717, 1.165) is 32.1 Å². The molecule has 34 heavy (non-hydrogen) atoms. The second-order valence-electron chi connectivity index (χ2n) is 11.4. The molecule has 0 bridgehead atoms. The smallest absolute Gasteiger partial charge is 0.317 e. The summed E-state index contributed by atoms with van der Waals surface area (Å²) in [7, 11) is 1.45. The Morgan fingerprint density at radius 3 is 2.15 bits per heavy atom. The molecule has 5 nitrogen and oxygen atoms in total. The number of urea groups is 1. The van der Waals surface area contributed by atoms with Gasteiger partial charge in [-0.15, -0.1) is 0 Å². The minimum atomic E-state index is -3.20. The number of carbonyl (C=O) groups excluding carboxylic acids is 1. The number of amides is 2. The highest BCUT2D eigenvalue weighted by molar-refractivity contribution is 7.17. The van der Waals surface area contributed by atoms with Gasteiger partial charge in [-0.3, -0.25) is 4.90 Å². The van der Waals surface area contributed by atoms with Gasteiger partial charge in [0.2, 0.25) is 5.82 Å². The van der Waals surface area contributed by atoms with Gasteiger partial charge < -0.3 is 4.90 Å². The third-order valence-electron chi connectivity index (χ3n) is 7.58. The number of rotatable bonds is 5. The van der Waals surface area contributed by atoms with Crippen LogP contribution >= 0.6 is 9.24 Å². The first-order valence-electron chi connectivity index (χ1n) is 12.0. The molecule has 2 aliphatic rings. The van der Waals surface area contributed by atoms with Crippen LogP contribution in [0.3, 0.4) is 0 Å². The molecule has 1 aliphatic heterocycles. The summed E-state index contributed by atoms with van der Waals surface area (Å²) >= 11 is 0. The van der Waals surface area contributed by atoms with Crippen LogP contribution in [-0.4, -0.2) is 39.5 Å². The largest absolute Gasteiger partial charge is 0.325 e. The number of hydrogen-bond acceptors (Lipinski definition) is 3. The lowest BCUT2D eigenvalue weighted by Gasteiger charge is -2.47. The van der Waals surface area contributed by atoms with Crippen molar-refractivity contribution in [2.24, 2.45) is 5.41 Å². The normalized spacial score (nSPS) is 25.9. The fourth-order valence-corrected chi connectivity index (χ4v) is 5.38. The van der Waals surface area contributed by atoms with Crippen LogP contribution in [-0.2, 0) is 11.1 Å². The SMILES string of the molecule is CC(C)(C)CCN1C(=O)N(c2cnc(C(F)(F)P)nc2)C[C@]12CC[C@@](C)(c1ccccc1)CC2. The predicted octanol–water partition coefficient (Wildman–Crippen LogP) is 6.35. The van der Waals surface area contributed by atoms with Gasteiger partial charge in [-0.2, -0.15) is 8.78 Å². The number of nitrogens with zero attached hydrogens (tertiary/aromatic N) is 4. The first-order valence-corrected chi connectivity index (χ1v) is 12.5. The van der Waals surface area contributed by atoms with E-state index in [1.165, 1.54) is 27.2 Å². The van der Waals surface area contributed by atoms with E-state index < -0.39 is 11.5 Å². The average molecular weight is 489 g/mol. The van der Waals surface area contributed by atoms with Crippen LogP contribution in [0.1, 0.15) is 71.2 Å². The average Bonchev–Trinajstić information content (AvgIpc) is 3.05.